The summed E-state index contributed by atoms with van der Waals surface area (Å²) >= 11 is 0. The Morgan fingerprint density at radius 2 is 1.33 bits per heavy atom. The number of rotatable bonds is 6. The van der Waals surface area contributed by atoms with Gasteiger partial charge in [-0.2, -0.15) is 4.98 Å². The van der Waals surface area contributed by atoms with E-state index in [0.29, 0.717) is 19.0 Å². The van der Waals surface area contributed by atoms with Crippen molar-refractivity contribution in [1.29, 1.82) is 0 Å². The van der Waals surface area contributed by atoms with E-state index in [1.165, 1.54) is 0 Å². The van der Waals surface area contributed by atoms with Crippen LogP contribution in [0, 0.1) is 34.6 Å². The Balaban J connectivity index is 1.83. The van der Waals surface area contributed by atoms with Crippen LogP contribution in [0.4, 0.5) is 11.8 Å². The molecule has 0 aromatic carbocycles. The molecule has 0 spiro atoms. The van der Waals surface area contributed by atoms with Crippen LogP contribution in [0.1, 0.15) is 39.6 Å². The molecule has 144 valence electrons. The van der Waals surface area contributed by atoms with Crippen LogP contribution >= 0.6 is 0 Å². The number of nitrogens with zero attached hydrogens (tertiary/aromatic N) is 6. The van der Waals surface area contributed by atoms with E-state index in [2.05, 4.69) is 20.2 Å². The van der Waals surface area contributed by atoms with Crippen molar-refractivity contribution in [3.8, 4) is 0 Å². The summed E-state index contributed by atoms with van der Waals surface area (Å²) < 4.78 is 10.5. The molecule has 0 aliphatic carbocycles. The summed E-state index contributed by atoms with van der Waals surface area (Å²) in [6.07, 6.45) is 1.85. The van der Waals surface area contributed by atoms with Crippen LogP contribution in [0.3, 0.4) is 0 Å². The van der Waals surface area contributed by atoms with Crippen molar-refractivity contribution in [3.63, 3.8) is 0 Å². The summed E-state index contributed by atoms with van der Waals surface area (Å²) in [4.78, 5) is 13.4. The molecule has 3 aromatic rings. The Hall–Kier alpha value is -2.90. The average molecular weight is 370 g/mol. The lowest BCUT2D eigenvalue weighted by Gasteiger charge is -2.23. The maximum Gasteiger partial charge on any atom is 0.227 e. The summed E-state index contributed by atoms with van der Waals surface area (Å²) in [6.45, 7) is 11.1. The molecular weight excluding hydrogens is 344 g/mol. The van der Waals surface area contributed by atoms with Crippen molar-refractivity contribution in [2.24, 2.45) is 0 Å². The largest absolute Gasteiger partial charge is 0.361 e. The monoisotopic (exact) mass is 370 g/mol. The zero-order chi connectivity index (χ0) is 19.7. The fourth-order valence-corrected chi connectivity index (χ4v) is 3.07. The Kier molecular flexibility index (Phi) is 5.16. The van der Waals surface area contributed by atoms with Crippen molar-refractivity contribution in [3.05, 3.63) is 45.8 Å². The molecule has 3 aromatic heterocycles. The van der Waals surface area contributed by atoms with Crippen LogP contribution < -0.4 is 9.80 Å². The summed E-state index contributed by atoms with van der Waals surface area (Å²) in [7, 11) is 3.98. The van der Waals surface area contributed by atoms with Crippen molar-refractivity contribution < 1.29 is 9.05 Å². The van der Waals surface area contributed by atoms with Gasteiger partial charge < -0.3 is 18.8 Å². The molecular formula is C19H26N6O2. The third kappa shape index (κ3) is 3.79. The van der Waals surface area contributed by atoms with Gasteiger partial charge in [0, 0.05) is 43.5 Å². The minimum Gasteiger partial charge on any atom is -0.361 e. The van der Waals surface area contributed by atoms with Crippen molar-refractivity contribution in [2.45, 2.75) is 47.7 Å². The van der Waals surface area contributed by atoms with E-state index in [-0.39, 0.29) is 0 Å². The lowest BCUT2D eigenvalue weighted by atomic mass is 10.2. The summed E-state index contributed by atoms with van der Waals surface area (Å²) in [5, 5.41) is 8.05. The zero-order valence-corrected chi connectivity index (χ0v) is 17.0. The van der Waals surface area contributed by atoms with Gasteiger partial charge in [0.2, 0.25) is 5.95 Å². The highest BCUT2D eigenvalue weighted by Crippen LogP contribution is 2.24. The quantitative estimate of drug-likeness (QED) is 0.654. The molecule has 0 radical (unpaired) electrons. The first-order chi connectivity index (χ1) is 12.8. The smallest absolute Gasteiger partial charge is 0.227 e. The molecule has 0 atom stereocenters. The second-order valence-electron chi connectivity index (χ2n) is 6.99. The Bertz CT molecular complexity index is 907. The van der Waals surface area contributed by atoms with Gasteiger partial charge in [-0.15, -0.1) is 0 Å². The molecule has 0 N–H and O–H groups in total. The van der Waals surface area contributed by atoms with E-state index < -0.39 is 0 Å². The molecule has 0 amide bonds. The maximum atomic E-state index is 5.27. The zero-order valence-electron chi connectivity index (χ0n) is 17.0. The number of hydrogen-bond acceptors (Lipinski definition) is 8. The highest BCUT2D eigenvalue weighted by Gasteiger charge is 2.18. The third-order valence-corrected chi connectivity index (χ3v) is 4.79. The molecule has 3 heterocycles. The van der Waals surface area contributed by atoms with Crippen LogP contribution in [-0.2, 0) is 13.1 Å². The fraction of sp³-hybridized carbons (Fsp3) is 0.474. The normalized spacial score (nSPS) is 11.1. The van der Waals surface area contributed by atoms with Crippen molar-refractivity contribution in [1.82, 2.24) is 20.3 Å². The summed E-state index contributed by atoms with van der Waals surface area (Å²) in [5.41, 5.74) is 4.95. The molecule has 0 fully saturated rings. The first kappa shape index (κ1) is 18.9. The number of hydrogen-bond donors (Lipinski definition) is 0. The summed E-state index contributed by atoms with van der Waals surface area (Å²) in [6, 6.07) is 0. The van der Waals surface area contributed by atoms with E-state index in [4.69, 9.17) is 14.0 Å². The van der Waals surface area contributed by atoms with Crippen LogP contribution in [0.2, 0.25) is 0 Å². The van der Waals surface area contributed by atoms with Crippen LogP contribution in [0.15, 0.2) is 15.2 Å². The SMILES string of the molecule is Cc1cnc(N(C)Cc2c(C)noc2C)nc1N(C)Cc1c(C)noc1C. The van der Waals surface area contributed by atoms with Crippen molar-refractivity contribution in [2.75, 3.05) is 23.9 Å². The topological polar surface area (TPSA) is 84.3 Å². The van der Waals surface area contributed by atoms with E-state index in [1.807, 2.05) is 59.8 Å². The predicted octanol–water partition coefficient (Wildman–Crippen LogP) is 3.27. The van der Waals surface area contributed by atoms with Crippen LogP contribution in [-0.4, -0.2) is 34.4 Å². The highest BCUT2D eigenvalue weighted by atomic mass is 16.5. The molecule has 8 nitrogen and oxygen atoms in total. The van der Waals surface area contributed by atoms with E-state index in [1.54, 1.807) is 0 Å². The molecule has 3 rings (SSSR count). The van der Waals surface area contributed by atoms with Gasteiger partial charge >= 0.3 is 0 Å². The molecule has 0 saturated heterocycles. The predicted molar refractivity (Wildman–Crippen MR) is 103 cm³/mol. The average Bonchev–Trinajstić information content (AvgIpc) is 3.12. The lowest BCUT2D eigenvalue weighted by molar-refractivity contribution is 0.392. The molecule has 0 aliphatic rings. The molecule has 0 unspecified atom stereocenters. The van der Waals surface area contributed by atoms with Gasteiger partial charge in [0.25, 0.3) is 0 Å². The van der Waals surface area contributed by atoms with Gasteiger partial charge in [-0.05, 0) is 34.6 Å². The van der Waals surface area contributed by atoms with Crippen LogP contribution in [0.5, 0.6) is 0 Å². The van der Waals surface area contributed by atoms with Gasteiger partial charge in [0.15, 0.2) is 0 Å². The second-order valence-corrected chi connectivity index (χ2v) is 6.99. The molecule has 0 bridgehead atoms. The van der Waals surface area contributed by atoms with E-state index in [0.717, 1.165) is 45.4 Å². The lowest BCUT2D eigenvalue weighted by Crippen LogP contribution is -2.24. The van der Waals surface area contributed by atoms with Gasteiger partial charge in [0.1, 0.15) is 17.3 Å². The minimum atomic E-state index is 0.636. The molecule has 0 saturated carbocycles. The van der Waals surface area contributed by atoms with Gasteiger partial charge in [-0.25, -0.2) is 4.98 Å². The Labute approximate surface area is 159 Å². The second kappa shape index (κ2) is 7.38. The fourth-order valence-electron chi connectivity index (χ4n) is 3.07. The van der Waals surface area contributed by atoms with E-state index in [9.17, 15) is 0 Å². The Morgan fingerprint density at radius 3 is 1.81 bits per heavy atom. The van der Waals surface area contributed by atoms with Gasteiger partial charge in [-0.1, -0.05) is 10.3 Å². The van der Waals surface area contributed by atoms with Crippen molar-refractivity contribution >= 4 is 11.8 Å². The van der Waals surface area contributed by atoms with Gasteiger partial charge in [-0.3, -0.25) is 0 Å². The summed E-state index contributed by atoms with van der Waals surface area (Å²) in [5.74, 6) is 3.19. The first-order valence-corrected chi connectivity index (χ1v) is 8.87. The maximum absolute atomic E-state index is 5.27. The minimum absolute atomic E-state index is 0.636. The first-order valence-electron chi connectivity index (χ1n) is 8.87. The van der Waals surface area contributed by atoms with Gasteiger partial charge in [0.05, 0.1) is 17.9 Å². The number of aromatic nitrogens is 4. The molecule has 0 aliphatic heterocycles. The van der Waals surface area contributed by atoms with Crippen LogP contribution in [0.25, 0.3) is 0 Å². The molecule has 27 heavy (non-hydrogen) atoms. The number of aryl methyl sites for hydroxylation is 5. The highest BCUT2D eigenvalue weighted by molar-refractivity contribution is 5.50. The third-order valence-electron chi connectivity index (χ3n) is 4.79. The van der Waals surface area contributed by atoms with E-state index >= 15 is 0 Å². The Morgan fingerprint density at radius 1 is 0.815 bits per heavy atom. The number of anilines is 2. The molecule has 8 heteroatoms. The standard InChI is InChI=1S/C19H26N6O2/c1-11-8-20-19(25(7)10-17-13(3)23-27-15(17)5)21-18(11)24(6)9-16-12(2)22-26-14(16)4/h8H,9-10H2,1-7H3.